The van der Waals surface area contributed by atoms with Gasteiger partial charge in [0.25, 0.3) is 0 Å². The van der Waals surface area contributed by atoms with Crippen molar-refractivity contribution in [2.45, 2.75) is 12.8 Å². The molecule has 1 N–H and O–H groups in total. The van der Waals surface area contributed by atoms with E-state index in [1.165, 1.54) is 0 Å². The quantitative estimate of drug-likeness (QED) is 0.753. The summed E-state index contributed by atoms with van der Waals surface area (Å²) in [5.74, 6) is -0.158. The average Bonchev–Trinajstić information content (AvgIpc) is 2.16. The van der Waals surface area contributed by atoms with Gasteiger partial charge in [-0.3, -0.25) is 9.78 Å². The Hall–Kier alpha value is -1.89. The van der Waals surface area contributed by atoms with Crippen LogP contribution in [-0.4, -0.2) is 10.9 Å². The zero-order valence-corrected chi connectivity index (χ0v) is 7.03. The number of pyridine rings is 1. The average molecular weight is 175 g/mol. The van der Waals surface area contributed by atoms with Gasteiger partial charge < -0.3 is 5.32 Å². The lowest BCUT2D eigenvalue weighted by Crippen LogP contribution is -2.10. The lowest BCUT2D eigenvalue weighted by Gasteiger charge is -2.01. The van der Waals surface area contributed by atoms with Gasteiger partial charge in [-0.2, -0.15) is 5.26 Å². The van der Waals surface area contributed by atoms with Gasteiger partial charge in [-0.1, -0.05) is 0 Å². The van der Waals surface area contributed by atoms with Gasteiger partial charge >= 0.3 is 0 Å². The molecule has 0 radical (unpaired) electrons. The Morgan fingerprint density at radius 1 is 1.69 bits per heavy atom. The van der Waals surface area contributed by atoms with E-state index in [0.29, 0.717) is 5.69 Å². The molecule has 1 aromatic rings. The molecule has 1 heterocycles. The number of nitrogens with zero attached hydrogens (tertiary/aromatic N) is 2. The molecule has 0 aliphatic carbocycles. The number of hydrogen-bond acceptors (Lipinski definition) is 3. The SMILES string of the molecule is N#CCCC(=O)Nc1cccnc1. The van der Waals surface area contributed by atoms with E-state index in [2.05, 4.69) is 10.3 Å². The zero-order valence-electron chi connectivity index (χ0n) is 7.03. The number of anilines is 1. The molecule has 0 unspecified atom stereocenters. The van der Waals surface area contributed by atoms with Crippen LogP contribution in [0.5, 0.6) is 0 Å². The first-order valence-corrected chi connectivity index (χ1v) is 3.90. The monoisotopic (exact) mass is 175 g/mol. The molecule has 0 aromatic carbocycles. The molecule has 0 saturated carbocycles. The van der Waals surface area contributed by atoms with Crippen LogP contribution in [0.15, 0.2) is 24.5 Å². The van der Waals surface area contributed by atoms with Crippen LogP contribution in [0, 0.1) is 11.3 Å². The van der Waals surface area contributed by atoms with Crippen LogP contribution >= 0.6 is 0 Å². The number of carbonyl (C=O) groups excluding carboxylic acids is 1. The predicted molar refractivity (Wildman–Crippen MR) is 47.7 cm³/mol. The topological polar surface area (TPSA) is 65.8 Å². The molecule has 4 nitrogen and oxygen atoms in total. The second-order valence-electron chi connectivity index (χ2n) is 2.45. The first kappa shape index (κ1) is 9.20. The maximum absolute atomic E-state index is 11.1. The molecule has 1 amide bonds. The molecule has 0 spiro atoms. The van der Waals surface area contributed by atoms with Crippen molar-refractivity contribution in [3.8, 4) is 6.07 Å². The van der Waals surface area contributed by atoms with E-state index in [-0.39, 0.29) is 18.7 Å². The van der Waals surface area contributed by atoms with Crippen molar-refractivity contribution < 1.29 is 4.79 Å². The zero-order chi connectivity index (χ0) is 9.52. The van der Waals surface area contributed by atoms with Gasteiger partial charge in [-0.25, -0.2) is 0 Å². The van der Waals surface area contributed by atoms with Crippen LogP contribution in [0.1, 0.15) is 12.8 Å². The summed E-state index contributed by atoms with van der Waals surface area (Å²) < 4.78 is 0. The van der Waals surface area contributed by atoms with Crippen LogP contribution < -0.4 is 5.32 Å². The number of nitrogens with one attached hydrogen (secondary N) is 1. The van der Waals surface area contributed by atoms with Crippen LogP contribution in [0.25, 0.3) is 0 Å². The first-order chi connectivity index (χ1) is 6.33. The van der Waals surface area contributed by atoms with Crippen molar-refractivity contribution in [2.75, 3.05) is 5.32 Å². The Bertz CT molecular complexity index is 315. The van der Waals surface area contributed by atoms with E-state index in [0.717, 1.165) is 0 Å². The minimum atomic E-state index is -0.158. The Balaban J connectivity index is 2.42. The maximum Gasteiger partial charge on any atom is 0.225 e. The fourth-order valence-corrected chi connectivity index (χ4v) is 0.830. The van der Waals surface area contributed by atoms with Gasteiger partial charge in [0, 0.05) is 19.0 Å². The first-order valence-electron chi connectivity index (χ1n) is 3.90. The third-order valence-electron chi connectivity index (χ3n) is 1.41. The summed E-state index contributed by atoms with van der Waals surface area (Å²) in [6.07, 6.45) is 3.66. The summed E-state index contributed by atoms with van der Waals surface area (Å²) in [5.41, 5.74) is 0.658. The minimum Gasteiger partial charge on any atom is -0.325 e. The van der Waals surface area contributed by atoms with Crippen molar-refractivity contribution in [1.29, 1.82) is 5.26 Å². The van der Waals surface area contributed by atoms with Gasteiger partial charge in [0.05, 0.1) is 18.0 Å². The van der Waals surface area contributed by atoms with Crippen LogP contribution in [0.3, 0.4) is 0 Å². The largest absolute Gasteiger partial charge is 0.325 e. The molecule has 0 bridgehead atoms. The molecule has 0 saturated heterocycles. The second-order valence-corrected chi connectivity index (χ2v) is 2.45. The van der Waals surface area contributed by atoms with E-state index in [1.807, 2.05) is 6.07 Å². The summed E-state index contributed by atoms with van der Waals surface area (Å²) in [6.45, 7) is 0. The van der Waals surface area contributed by atoms with Crippen molar-refractivity contribution in [2.24, 2.45) is 0 Å². The van der Waals surface area contributed by atoms with Crippen molar-refractivity contribution in [3.05, 3.63) is 24.5 Å². The Labute approximate surface area is 76.2 Å². The van der Waals surface area contributed by atoms with Crippen LogP contribution in [0.2, 0.25) is 0 Å². The highest BCUT2D eigenvalue weighted by molar-refractivity contribution is 5.90. The summed E-state index contributed by atoms with van der Waals surface area (Å²) in [5, 5.41) is 10.9. The summed E-state index contributed by atoms with van der Waals surface area (Å²) in [7, 11) is 0. The number of amides is 1. The third-order valence-corrected chi connectivity index (χ3v) is 1.41. The predicted octanol–water partition coefficient (Wildman–Crippen LogP) is 1.32. The normalized spacial score (nSPS) is 8.85. The van der Waals surface area contributed by atoms with E-state index in [4.69, 9.17) is 5.26 Å². The molecule has 0 aliphatic rings. The highest BCUT2D eigenvalue weighted by atomic mass is 16.1. The van der Waals surface area contributed by atoms with Crippen molar-refractivity contribution >= 4 is 11.6 Å². The fraction of sp³-hybridized carbons (Fsp3) is 0.222. The van der Waals surface area contributed by atoms with Crippen LogP contribution in [-0.2, 0) is 4.79 Å². The van der Waals surface area contributed by atoms with Crippen molar-refractivity contribution in [3.63, 3.8) is 0 Å². The van der Waals surface area contributed by atoms with E-state index >= 15 is 0 Å². The minimum absolute atomic E-state index is 0.158. The lowest BCUT2D eigenvalue weighted by molar-refractivity contribution is -0.116. The highest BCUT2D eigenvalue weighted by Gasteiger charge is 2.00. The molecular formula is C9H9N3O. The van der Waals surface area contributed by atoms with Gasteiger partial charge in [0.15, 0.2) is 0 Å². The Morgan fingerprint density at radius 3 is 3.15 bits per heavy atom. The second kappa shape index (κ2) is 4.88. The van der Waals surface area contributed by atoms with Crippen LogP contribution in [0.4, 0.5) is 5.69 Å². The smallest absolute Gasteiger partial charge is 0.225 e. The number of aromatic nitrogens is 1. The standard InChI is InChI=1S/C9H9N3O/c10-5-1-4-9(13)12-8-3-2-6-11-7-8/h2-3,6-7H,1,4H2,(H,12,13). The van der Waals surface area contributed by atoms with Gasteiger partial charge in [0.2, 0.25) is 5.91 Å². The lowest BCUT2D eigenvalue weighted by atomic mass is 10.3. The van der Waals surface area contributed by atoms with Gasteiger partial charge in [-0.15, -0.1) is 0 Å². The molecule has 13 heavy (non-hydrogen) atoms. The highest BCUT2D eigenvalue weighted by Crippen LogP contribution is 2.03. The summed E-state index contributed by atoms with van der Waals surface area (Å²) in [6, 6.07) is 5.39. The molecule has 1 rings (SSSR count). The number of carbonyl (C=O) groups is 1. The van der Waals surface area contributed by atoms with E-state index in [1.54, 1.807) is 24.5 Å². The maximum atomic E-state index is 11.1. The molecule has 0 fully saturated rings. The Morgan fingerprint density at radius 2 is 2.54 bits per heavy atom. The van der Waals surface area contributed by atoms with Gasteiger partial charge in [-0.05, 0) is 12.1 Å². The number of nitriles is 1. The Kier molecular flexibility index (Phi) is 3.45. The van der Waals surface area contributed by atoms with Crippen molar-refractivity contribution in [1.82, 2.24) is 4.98 Å². The molecule has 1 aromatic heterocycles. The van der Waals surface area contributed by atoms with E-state index in [9.17, 15) is 4.79 Å². The number of rotatable bonds is 3. The van der Waals surface area contributed by atoms with E-state index < -0.39 is 0 Å². The fourth-order valence-electron chi connectivity index (χ4n) is 0.830. The summed E-state index contributed by atoms with van der Waals surface area (Å²) >= 11 is 0. The molecule has 0 atom stereocenters. The third kappa shape index (κ3) is 3.34. The molecule has 0 aliphatic heterocycles. The van der Waals surface area contributed by atoms with Gasteiger partial charge in [0.1, 0.15) is 0 Å². The number of hydrogen-bond donors (Lipinski definition) is 1. The molecular weight excluding hydrogens is 166 g/mol. The molecule has 4 heteroatoms. The summed E-state index contributed by atoms with van der Waals surface area (Å²) in [4.78, 5) is 14.9. The molecule has 66 valence electrons.